The number of nitrogens with one attached hydrogen (secondary N) is 1. The zero-order valence-corrected chi connectivity index (χ0v) is 8.96. The van der Waals surface area contributed by atoms with Crippen molar-refractivity contribution in [2.45, 2.75) is 31.6 Å². The second kappa shape index (κ2) is 4.96. The Bertz CT molecular complexity index is 403. The molecule has 92 valence electrons. The van der Waals surface area contributed by atoms with E-state index >= 15 is 0 Å². The fraction of sp³-hybridized carbons (Fsp3) is 0.500. The zero-order valence-electron chi connectivity index (χ0n) is 8.96. The van der Waals surface area contributed by atoms with E-state index in [1.165, 1.54) is 6.26 Å². The van der Waals surface area contributed by atoms with Crippen LogP contribution in [-0.4, -0.2) is 34.3 Å². The van der Waals surface area contributed by atoms with Gasteiger partial charge in [-0.05, 0) is 12.8 Å². The third kappa shape index (κ3) is 2.82. The minimum Gasteiger partial charge on any atom is -0.479 e. The van der Waals surface area contributed by atoms with E-state index < -0.39 is 18.2 Å². The van der Waals surface area contributed by atoms with Crippen molar-refractivity contribution in [2.24, 2.45) is 0 Å². The van der Waals surface area contributed by atoms with Crippen molar-refractivity contribution in [3.8, 4) is 0 Å². The second-order valence-electron chi connectivity index (χ2n) is 3.74. The van der Waals surface area contributed by atoms with Crippen molar-refractivity contribution in [3.05, 3.63) is 18.0 Å². The summed E-state index contributed by atoms with van der Waals surface area (Å²) in [5.41, 5.74) is 0.603. The quantitative estimate of drug-likeness (QED) is 0.763. The molecule has 0 radical (unpaired) electrons. The van der Waals surface area contributed by atoms with Gasteiger partial charge in [0, 0.05) is 6.07 Å². The first-order valence-corrected chi connectivity index (χ1v) is 5.22. The van der Waals surface area contributed by atoms with Crippen LogP contribution in [0.2, 0.25) is 0 Å². The minimum atomic E-state index is -1.03. The topological polar surface area (TPSA) is 102 Å². The molecule has 2 heterocycles. The molecule has 2 unspecified atom stereocenters. The predicted octanol–water partition coefficient (Wildman–Crippen LogP) is -0.0770. The van der Waals surface area contributed by atoms with Crippen LogP contribution in [0.3, 0.4) is 0 Å². The lowest BCUT2D eigenvalue weighted by atomic mass is 10.2. The van der Waals surface area contributed by atoms with E-state index in [0.717, 1.165) is 0 Å². The van der Waals surface area contributed by atoms with Crippen molar-refractivity contribution in [3.63, 3.8) is 0 Å². The molecule has 7 nitrogen and oxygen atoms in total. The number of hydrogen-bond acceptors (Lipinski definition) is 5. The predicted molar refractivity (Wildman–Crippen MR) is 53.9 cm³/mol. The summed E-state index contributed by atoms with van der Waals surface area (Å²) in [7, 11) is 0. The SMILES string of the molecule is O=C(O)C1CCC(C(=O)NCc2ccon2)O1. The summed E-state index contributed by atoms with van der Waals surface area (Å²) in [6.07, 6.45) is 0.619. The molecule has 7 heteroatoms. The first-order chi connectivity index (χ1) is 8.16. The van der Waals surface area contributed by atoms with Gasteiger partial charge >= 0.3 is 5.97 Å². The van der Waals surface area contributed by atoms with Gasteiger partial charge in [0.2, 0.25) is 5.91 Å². The van der Waals surface area contributed by atoms with E-state index in [4.69, 9.17) is 9.84 Å². The van der Waals surface area contributed by atoms with Crippen molar-refractivity contribution in [2.75, 3.05) is 0 Å². The van der Waals surface area contributed by atoms with Crippen molar-refractivity contribution >= 4 is 11.9 Å². The van der Waals surface area contributed by atoms with Gasteiger partial charge in [0.25, 0.3) is 0 Å². The van der Waals surface area contributed by atoms with Crippen LogP contribution in [0.1, 0.15) is 18.5 Å². The van der Waals surface area contributed by atoms with Crippen LogP contribution in [0.4, 0.5) is 0 Å². The van der Waals surface area contributed by atoms with Gasteiger partial charge in [-0.2, -0.15) is 0 Å². The molecule has 0 bridgehead atoms. The Labute approximate surface area is 96.7 Å². The summed E-state index contributed by atoms with van der Waals surface area (Å²) < 4.78 is 9.71. The third-order valence-corrected chi connectivity index (χ3v) is 2.52. The van der Waals surface area contributed by atoms with Crippen molar-refractivity contribution < 1.29 is 24.0 Å². The van der Waals surface area contributed by atoms with Crippen LogP contribution in [0.5, 0.6) is 0 Å². The third-order valence-electron chi connectivity index (χ3n) is 2.52. The number of carboxylic acid groups (broad SMARTS) is 1. The Balaban J connectivity index is 1.79. The second-order valence-corrected chi connectivity index (χ2v) is 3.74. The van der Waals surface area contributed by atoms with Crippen LogP contribution in [0.25, 0.3) is 0 Å². The minimum absolute atomic E-state index is 0.243. The molecule has 1 aliphatic rings. The summed E-state index contributed by atoms with van der Waals surface area (Å²) in [6, 6.07) is 1.63. The van der Waals surface area contributed by atoms with E-state index in [2.05, 4.69) is 15.0 Å². The number of carboxylic acids is 1. The van der Waals surface area contributed by atoms with Crippen LogP contribution in [0, 0.1) is 0 Å². The summed E-state index contributed by atoms with van der Waals surface area (Å²) in [5, 5.41) is 15.0. The highest BCUT2D eigenvalue weighted by molar-refractivity contribution is 5.82. The monoisotopic (exact) mass is 240 g/mol. The lowest BCUT2D eigenvalue weighted by Gasteiger charge is -2.10. The Hall–Kier alpha value is -1.89. The van der Waals surface area contributed by atoms with Crippen LogP contribution >= 0.6 is 0 Å². The van der Waals surface area contributed by atoms with E-state index in [0.29, 0.717) is 18.5 Å². The molecule has 1 aromatic rings. The fourth-order valence-corrected chi connectivity index (χ4v) is 1.63. The molecule has 0 saturated carbocycles. The zero-order chi connectivity index (χ0) is 12.3. The molecular weight excluding hydrogens is 228 g/mol. The first kappa shape index (κ1) is 11.6. The molecule has 0 aliphatic carbocycles. The molecule has 1 saturated heterocycles. The molecule has 0 spiro atoms. The highest BCUT2D eigenvalue weighted by Crippen LogP contribution is 2.19. The summed E-state index contributed by atoms with van der Waals surface area (Å²) in [6.45, 7) is 0.243. The summed E-state index contributed by atoms with van der Waals surface area (Å²) >= 11 is 0. The van der Waals surface area contributed by atoms with Crippen LogP contribution in [0.15, 0.2) is 16.9 Å². The molecule has 1 aromatic heterocycles. The number of ether oxygens (including phenoxy) is 1. The largest absolute Gasteiger partial charge is 0.479 e. The van der Waals surface area contributed by atoms with Gasteiger partial charge in [0.05, 0.1) is 6.54 Å². The Kier molecular flexibility index (Phi) is 3.38. The normalized spacial score (nSPS) is 23.5. The van der Waals surface area contributed by atoms with Crippen LogP contribution < -0.4 is 5.32 Å². The Morgan fingerprint density at radius 1 is 1.47 bits per heavy atom. The maximum absolute atomic E-state index is 11.6. The fourth-order valence-electron chi connectivity index (χ4n) is 1.63. The maximum Gasteiger partial charge on any atom is 0.332 e. The maximum atomic E-state index is 11.6. The Morgan fingerprint density at radius 2 is 2.24 bits per heavy atom. The molecule has 1 aliphatic heterocycles. The number of aromatic nitrogens is 1. The van der Waals surface area contributed by atoms with Gasteiger partial charge in [0.15, 0.2) is 6.10 Å². The van der Waals surface area contributed by atoms with E-state index in [9.17, 15) is 9.59 Å². The standard InChI is InChI=1S/C10H12N2O5/c13-9(11-5-6-3-4-16-12-6)7-1-2-8(17-7)10(14)15/h3-4,7-8H,1-2,5H2,(H,11,13)(H,14,15). The molecule has 0 aromatic carbocycles. The average molecular weight is 240 g/mol. The van der Waals surface area contributed by atoms with Gasteiger partial charge in [-0.25, -0.2) is 4.79 Å². The highest BCUT2D eigenvalue weighted by atomic mass is 16.5. The van der Waals surface area contributed by atoms with Crippen molar-refractivity contribution in [1.82, 2.24) is 10.5 Å². The number of hydrogen-bond donors (Lipinski definition) is 2. The lowest BCUT2D eigenvalue weighted by Crippen LogP contribution is -2.35. The molecule has 2 atom stereocenters. The van der Waals surface area contributed by atoms with Crippen molar-refractivity contribution in [1.29, 1.82) is 0 Å². The first-order valence-electron chi connectivity index (χ1n) is 5.22. The number of nitrogens with zero attached hydrogens (tertiary/aromatic N) is 1. The lowest BCUT2D eigenvalue weighted by molar-refractivity contribution is -0.151. The molecule has 2 N–H and O–H groups in total. The Morgan fingerprint density at radius 3 is 2.82 bits per heavy atom. The summed E-state index contributed by atoms with van der Waals surface area (Å²) in [5.74, 6) is -1.35. The molecular formula is C10H12N2O5. The highest BCUT2D eigenvalue weighted by Gasteiger charge is 2.34. The average Bonchev–Trinajstić information content (AvgIpc) is 2.96. The van der Waals surface area contributed by atoms with Crippen LogP contribution in [-0.2, 0) is 20.9 Å². The van der Waals surface area contributed by atoms with Gasteiger partial charge in [-0.3, -0.25) is 4.79 Å². The van der Waals surface area contributed by atoms with Gasteiger partial charge < -0.3 is 19.7 Å². The van der Waals surface area contributed by atoms with Gasteiger partial charge in [-0.15, -0.1) is 0 Å². The smallest absolute Gasteiger partial charge is 0.332 e. The van der Waals surface area contributed by atoms with E-state index in [1.807, 2.05) is 0 Å². The summed E-state index contributed by atoms with van der Waals surface area (Å²) in [4.78, 5) is 22.3. The molecule has 1 amide bonds. The molecule has 2 rings (SSSR count). The number of carbonyl (C=O) groups excluding carboxylic acids is 1. The van der Waals surface area contributed by atoms with Gasteiger partial charge in [0.1, 0.15) is 18.1 Å². The molecule has 17 heavy (non-hydrogen) atoms. The number of carbonyl (C=O) groups is 2. The van der Waals surface area contributed by atoms with E-state index in [1.54, 1.807) is 6.07 Å². The molecule has 1 fully saturated rings. The number of amides is 1. The number of aliphatic carboxylic acids is 1. The van der Waals surface area contributed by atoms with Gasteiger partial charge in [-0.1, -0.05) is 5.16 Å². The van der Waals surface area contributed by atoms with E-state index in [-0.39, 0.29) is 12.5 Å². The number of rotatable bonds is 4.